The largest absolute Gasteiger partial charge is 0.496 e. The topological polar surface area (TPSA) is 34.1 Å². The molecule has 0 bridgehead atoms. The van der Waals surface area contributed by atoms with E-state index < -0.39 is 0 Å². The fourth-order valence-corrected chi connectivity index (χ4v) is 2.59. The second-order valence-corrected chi connectivity index (χ2v) is 5.41. The second kappa shape index (κ2) is 5.08. The number of fused-ring (bicyclic) bond motifs is 1. The van der Waals surface area contributed by atoms with Crippen molar-refractivity contribution in [1.82, 2.24) is 4.98 Å². The Kier molecular flexibility index (Phi) is 3.28. The summed E-state index contributed by atoms with van der Waals surface area (Å²) in [6, 6.07) is 8.09. The van der Waals surface area contributed by atoms with Crippen molar-refractivity contribution in [2.75, 3.05) is 19.0 Å². The summed E-state index contributed by atoms with van der Waals surface area (Å²) in [5.74, 6) is 3.50. The van der Waals surface area contributed by atoms with Crippen molar-refractivity contribution in [2.45, 2.75) is 19.8 Å². The maximum Gasteiger partial charge on any atom is 0.133 e. The van der Waals surface area contributed by atoms with Crippen molar-refractivity contribution in [3.63, 3.8) is 0 Å². The molecule has 0 amide bonds. The molecule has 0 spiro atoms. The summed E-state index contributed by atoms with van der Waals surface area (Å²) in [6.07, 6.45) is 4.62. The lowest BCUT2D eigenvalue weighted by Crippen LogP contribution is -2.13. The molecule has 1 unspecified atom stereocenters. The zero-order chi connectivity index (χ0) is 13.2. The molecule has 3 rings (SSSR count). The van der Waals surface area contributed by atoms with E-state index in [2.05, 4.69) is 23.3 Å². The van der Waals surface area contributed by atoms with Crippen LogP contribution in [0.5, 0.6) is 5.75 Å². The SMILES string of the molecule is COc1cccc2c(NCC(C)C3CC3)nccc12. The van der Waals surface area contributed by atoms with Gasteiger partial charge < -0.3 is 10.1 Å². The average molecular weight is 256 g/mol. The van der Waals surface area contributed by atoms with Gasteiger partial charge in [0.25, 0.3) is 0 Å². The first-order chi connectivity index (χ1) is 9.29. The zero-order valence-corrected chi connectivity index (χ0v) is 11.5. The Morgan fingerprint density at radius 1 is 1.32 bits per heavy atom. The van der Waals surface area contributed by atoms with E-state index in [9.17, 15) is 0 Å². The van der Waals surface area contributed by atoms with Crippen molar-refractivity contribution in [1.29, 1.82) is 0 Å². The van der Waals surface area contributed by atoms with Crippen LogP contribution in [0.2, 0.25) is 0 Å². The van der Waals surface area contributed by atoms with Crippen molar-refractivity contribution in [3.8, 4) is 5.75 Å². The number of ether oxygens (including phenoxy) is 1. The normalized spacial score (nSPS) is 16.3. The molecule has 1 atom stereocenters. The van der Waals surface area contributed by atoms with Crippen molar-refractivity contribution in [2.24, 2.45) is 11.8 Å². The van der Waals surface area contributed by atoms with Crippen LogP contribution in [-0.4, -0.2) is 18.6 Å². The summed E-state index contributed by atoms with van der Waals surface area (Å²) in [7, 11) is 1.71. The molecule has 0 saturated heterocycles. The summed E-state index contributed by atoms with van der Waals surface area (Å²) >= 11 is 0. The van der Waals surface area contributed by atoms with Gasteiger partial charge in [-0.1, -0.05) is 19.1 Å². The molecule has 19 heavy (non-hydrogen) atoms. The van der Waals surface area contributed by atoms with E-state index in [0.29, 0.717) is 0 Å². The molecule has 1 aliphatic rings. The highest BCUT2D eigenvalue weighted by molar-refractivity contribution is 5.95. The van der Waals surface area contributed by atoms with Gasteiger partial charge in [-0.3, -0.25) is 0 Å². The second-order valence-electron chi connectivity index (χ2n) is 5.41. The highest BCUT2D eigenvalue weighted by Crippen LogP contribution is 2.37. The van der Waals surface area contributed by atoms with Crippen LogP contribution in [-0.2, 0) is 0 Å². The third-order valence-corrected chi connectivity index (χ3v) is 4.00. The molecule has 1 aromatic carbocycles. The van der Waals surface area contributed by atoms with E-state index in [-0.39, 0.29) is 0 Å². The maximum atomic E-state index is 5.40. The fraction of sp³-hybridized carbons (Fsp3) is 0.438. The van der Waals surface area contributed by atoms with Gasteiger partial charge in [-0.05, 0) is 36.8 Å². The number of aromatic nitrogens is 1. The minimum absolute atomic E-state index is 0.725. The number of anilines is 1. The Balaban J connectivity index is 1.86. The number of hydrogen-bond acceptors (Lipinski definition) is 3. The van der Waals surface area contributed by atoms with Crippen LogP contribution in [0.4, 0.5) is 5.82 Å². The third-order valence-electron chi connectivity index (χ3n) is 4.00. The number of methoxy groups -OCH3 is 1. The smallest absolute Gasteiger partial charge is 0.133 e. The first kappa shape index (κ1) is 12.3. The first-order valence-corrected chi connectivity index (χ1v) is 6.95. The molecule has 1 heterocycles. The maximum absolute atomic E-state index is 5.40. The Labute approximate surface area is 114 Å². The molecule has 3 nitrogen and oxygen atoms in total. The number of benzene rings is 1. The van der Waals surface area contributed by atoms with Crippen molar-refractivity contribution in [3.05, 3.63) is 30.5 Å². The number of hydrogen-bond donors (Lipinski definition) is 1. The minimum atomic E-state index is 0.725. The van der Waals surface area contributed by atoms with Crippen LogP contribution < -0.4 is 10.1 Å². The van der Waals surface area contributed by atoms with Gasteiger partial charge in [0.2, 0.25) is 0 Å². The van der Waals surface area contributed by atoms with Crippen LogP contribution >= 0.6 is 0 Å². The Morgan fingerprint density at radius 3 is 2.89 bits per heavy atom. The highest BCUT2D eigenvalue weighted by Gasteiger charge is 2.27. The Hall–Kier alpha value is -1.77. The van der Waals surface area contributed by atoms with Crippen LogP contribution in [0, 0.1) is 11.8 Å². The lowest BCUT2D eigenvalue weighted by Gasteiger charge is -2.14. The van der Waals surface area contributed by atoms with Gasteiger partial charge >= 0.3 is 0 Å². The highest BCUT2D eigenvalue weighted by atomic mass is 16.5. The van der Waals surface area contributed by atoms with E-state index in [1.54, 1.807) is 7.11 Å². The molecule has 0 radical (unpaired) electrons. The van der Waals surface area contributed by atoms with Gasteiger partial charge in [-0.2, -0.15) is 0 Å². The lowest BCUT2D eigenvalue weighted by molar-refractivity contribution is 0.420. The van der Waals surface area contributed by atoms with Crippen molar-refractivity contribution >= 4 is 16.6 Å². The summed E-state index contributed by atoms with van der Waals surface area (Å²) in [5, 5.41) is 5.74. The number of nitrogens with one attached hydrogen (secondary N) is 1. The van der Waals surface area contributed by atoms with Gasteiger partial charge in [0.15, 0.2) is 0 Å². The quantitative estimate of drug-likeness (QED) is 0.885. The molecule has 3 heteroatoms. The molecule has 2 aromatic rings. The van der Waals surface area contributed by atoms with E-state index in [1.165, 1.54) is 12.8 Å². The van der Waals surface area contributed by atoms with Crippen LogP contribution in [0.1, 0.15) is 19.8 Å². The van der Waals surface area contributed by atoms with Crippen LogP contribution in [0.3, 0.4) is 0 Å². The fourth-order valence-electron chi connectivity index (χ4n) is 2.59. The van der Waals surface area contributed by atoms with Crippen LogP contribution in [0.15, 0.2) is 30.5 Å². The Morgan fingerprint density at radius 2 is 2.16 bits per heavy atom. The minimum Gasteiger partial charge on any atom is -0.496 e. The van der Waals surface area contributed by atoms with Gasteiger partial charge in [0.1, 0.15) is 11.6 Å². The van der Waals surface area contributed by atoms with E-state index >= 15 is 0 Å². The first-order valence-electron chi connectivity index (χ1n) is 6.95. The molecule has 1 aliphatic carbocycles. The predicted octanol–water partition coefficient (Wildman–Crippen LogP) is 3.70. The van der Waals surface area contributed by atoms with Gasteiger partial charge in [-0.25, -0.2) is 4.98 Å². The predicted molar refractivity (Wildman–Crippen MR) is 78.7 cm³/mol. The molecular weight excluding hydrogens is 236 g/mol. The van der Waals surface area contributed by atoms with Crippen molar-refractivity contribution < 1.29 is 4.74 Å². The van der Waals surface area contributed by atoms with Gasteiger partial charge in [-0.15, -0.1) is 0 Å². The molecule has 1 saturated carbocycles. The summed E-state index contributed by atoms with van der Waals surface area (Å²) < 4.78 is 5.40. The summed E-state index contributed by atoms with van der Waals surface area (Å²) in [4.78, 5) is 4.47. The van der Waals surface area contributed by atoms with E-state index in [1.807, 2.05) is 24.4 Å². The van der Waals surface area contributed by atoms with E-state index in [4.69, 9.17) is 4.74 Å². The summed E-state index contributed by atoms with van der Waals surface area (Å²) in [5.41, 5.74) is 0. The Bertz CT molecular complexity index is 578. The van der Waals surface area contributed by atoms with Gasteiger partial charge in [0, 0.05) is 23.5 Å². The lowest BCUT2D eigenvalue weighted by atomic mass is 10.1. The molecule has 100 valence electrons. The average Bonchev–Trinajstić information content (AvgIpc) is 3.28. The molecule has 0 aliphatic heterocycles. The number of nitrogens with zero attached hydrogens (tertiary/aromatic N) is 1. The number of rotatable bonds is 5. The van der Waals surface area contributed by atoms with E-state index in [0.717, 1.165) is 40.7 Å². The molecule has 1 N–H and O–H groups in total. The van der Waals surface area contributed by atoms with Gasteiger partial charge in [0.05, 0.1) is 7.11 Å². The summed E-state index contributed by atoms with van der Waals surface area (Å²) in [6.45, 7) is 3.31. The van der Waals surface area contributed by atoms with Crippen LogP contribution in [0.25, 0.3) is 10.8 Å². The molecular formula is C16H20N2O. The molecule has 1 fully saturated rings. The molecule has 1 aromatic heterocycles. The monoisotopic (exact) mass is 256 g/mol. The zero-order valence-electron chi connectivity index (χ0n) is 11.5. The third kappa shape index (κ3) is 2.50. The number of pyridine rings is 1. The standard InChI is InChI=1S/C16H20N2O/c1-11(12-6-7-12)10-18-16-14-4-3-5-15(19-2)13(14)8-9-17-16/h3-5,8-9,11-12H,6-7,10H2,1-2H3,(H,17,18).